The van der Waals surface area contributed by atoms with Crippen LogP contribution in [0.3, 0.4) is 0 Å². The molecule has 0 amide bonds. The minimum atomic E-state index is -1.20. The minimum absolute atomic E-state index is 0.0448. The molecule has 0 unspecified atom stereocenters. The Morgan fingerprint density at radius 3 is 2.50 bits per heavy atom. The lowest BCUT2D eigenvalue weighted by molar-refractivity contribution is 0.0582. The SMILES string of the molecule is C[S@@](=O)c1cnc(N2CC3(CC(c4ncc(Cl)cn4)C3)C2)nc1NC1(CO)CCC1. The topological polar surface area (TPSA) is 104 Å². The summed E-state index contributed by atoms with van der Waals surface area (Å²) in [6.07, 6.45) is 11.6. The molecule has 0 aromatic carbocycles. The standard InChI is InChI=1S/C20H25ClN6O2S/c1-30(29)15-9-24-18(25-17(15)26-20(12-28)3-2-4-20)27-10-19(11-27)5-13(6-19)16-22-7-14(21)8-23-16/h7-9,13,28H,2-6,10-12H2,1H3,(H,24,25,26)/t30-/m1/s1. The Morgan fingerprint density at radius 1 is 1.23 bits per heavy atom. The zero-order chi connectivity index (χ0) is 20.9. The van der Waals surface area contributed by atoms with Gasteiger partial charge in [0.25, 0.3) is 0 Å². The van der Waals surface area contributed by atoms with Crippen LogP contribution in [0.25, 0.3) is 0 Å². The number of nitrogens with zero attached hydrogens (tertiary/aromatic N) is 5. The molecule has 0 bridgehead atoms. The average molecular weight is 449 g/mol. The van der Waals surface area contributed by atoms with Crippen LogP contribution in [0.1, 0.15) is 43.8 Å². The largest absolute Gasteiger partial charge is 0.394 e. The van der Waals surface area contributed by atoms with Crippen LogP contribution in [0.5, 0.6) is 0 Å². The van der Waals surface area contributed by atoms with Gasteiger partial charge < -0.3 is 15.3 Å². The first-order chi connectivity index (χ1) is 14.4. The summed E-state index contributed by atoms with van der Waals surface area (Å²) in [7, 11) is -1.20. The summed E-state index contributed by atoms with van der Waals surface area (Å²) < 4.78 is 12.2. The first-order valence-corrected chi connectivity index (χ1v) is 12.2. The summed E-state index contributed by atoms with van der Waals surface area (Å²) >= 11 is 5.88. The van der Waals surface area contributed by atoms with Crippen molar-refractivity contribution in [2.75, 3.05) is 36.2 Å². The Balaban J connectivity index is 1.26. The number of rotatable bonds is 6. The number of anilines is 2. The van der Waals surface area contributed by atoms with Gasteiger partial charge in [-0.05, 0) is 32.1 Å². The van der Waals surface area contributed by atoms with Crippen molar-refractivity contribution in [3.05, 3.63) is 29.4 Å². The van der Waals surface area contributed by atoms with E-state index in [-0.39, 0.29) is 17.6 Å². The third kappa shape index (κ3) is 3.46. The molecule has 3 heterocycles. The van der Waals surface area contributed by atoms with Crippen molar-refractivity contribution < 1.29 is 9.32 Å². The van der Waals surface area contributed by atoms with Crippen molar-refractivity contribution >= 4 is 34.2 Å². The zero-order valence-electron chi connectivity index (χ0n) is 16.8. The van der Waals surface area contributed by atoms with Gasteiger partial charge in [0.2, 0.25) is 5.95 Å². The van der Waals surface area contributed by atoms with Crippen molar-refractivity contribution in [1.82, 2.24) is 19.9 Å². The van der Waals surface area contributed by atoms with E-state index in [2.05, 4.69) is 25.2 Å². The van der Waals surface area contributed by atoms with Crippen molar-refractivity contribution in [3.8, 4) is 0 Å². The number of hydrogen-bond acceptors (Lipinski definition) is 8. The molecule has 2 aromatic heterocycles. The van der Waals surface area contributed by atoms with E-state index in [1.807, 2.05) is 0 Å². The van der Waals surface area contributed by atoms with Gasteiger partial charge >= 0.3 is 0 Å². The molecule has 1 atom stereocenters. The molecule has 0 radical (unpaired) electrons. The molecule has 30 heavy (non-hydrogen) atoms. The van der Waals surface area contributed by atoms with Crippen LogP contribution in [0, 0.1) is 5.41 Å². The molecule has 1 saturated heterocycles. The first kappa shape index (κ1) is 20.1. The summed E-state index contributed by atoms with van der Waals surface area (Å²) in [6, 6.07) is 0. The van der Waals surface area contributed by atoms with Gasteiger partial charge in [-0.2, -0.15) is 4.98 Å². The quantitative estimate of drug-likeness (QED) is 0.694. The van der Waals surface area contributed by atoms with Crippen molar-refractivity contribution in [3.63, 3.8) is 0 Å². The molecule has 8 nitrogen and oxygen atoms in total. The van der Waals surface area contributed by atoms with Gasteiger partial charge in [0.1, 0.15) is 11.6 Å². The number of halogens is 1. The maximum absolute atomic E-state index is 12.2. The van der Waals surface area contributed by atoms with E-state index in [1.54, 1.807) is 24.8 Å². The first-order valence-electron chi connectivity index (χ1n) is 10.2. The molecule has 10 heteroatoms. The fourth-order valence-electron chi connectivity index (χ4n) is 4.86. The van der Waals surface area contributed by atoms with Crippen LogP contribution >= 0.6 is 11.6 Å². The van der Waals surface area contributed by atoms with Gasteiger partial charge in [-0.1, -0.05) is 11.6 Å². The second-order valence-electron chi connectivity index (χ2n) is 8.97. The predicted octanol–water partition coefficient (Wildman–Crippen LogP) is 2.37. The van der Waals surface area contributed by atoms with Crippen molar-refractivity contribution in [2.45, 2.75) is 48.5 Å². The van der Waals surface area contributed by atoms with E-state index in [9.17, 15) is 9.32 Å². The normalized spacial score (nSPS) is 22.7. The monoisotopic (exact) mass is 448 g/mol. The lowest BCUT2D eigenvalue weighted by atomic mass is 9.57. The van der Waals surface area contributed by atoms with E-state index in [0.717, 1.165) is 51.0 Å². The Bertz CT molecular complexity index is 964. The predicted molar refractivity (Wildman–Crippen MR) is 115 cm³/mol. The molecular formula is C20H25ClN6O2S. The average Bonchev–Trinajstić information content (AvgIpc) is 2.64. The van der Waals surface area contributed by atoms with Crippen LogP contribution in [0.15, 0.2) is 23.5 Å². The van der Waals surface area contributed by atoms with Crippen LogP contribution in [0.4, 0.5) is 11.8 Å². The lowest BCUT2D eigenvalue weighted by Gasteiger charge is -2.58. The molecule has 160 valence electrons. The summed E-state index contributed by atoms with van der Waals surface area (Å²) in [5.41, 5.74) is -0.0765. The van der Waals surface area contributed by atoms with Gasteiger partial charge in [0.05, 0.1) is 39.1 Å². The molecule has 3 aliphatic rings. The molecule has 5 rings (SSSR count). The van der Waals surface area contributed by atoms with Gasteiger partial charge in [0.15, 0.2) is 0 Å². The molecule has 2 N–H and O–H groups in total. The second kappa shape index (κ2) is 7.39. The lowest BCUT2D eigenvalue weighted by Crippen LogP contribution is -2.62. The summed E-state index contributed by atoms with van der Waals surface area (Å²) in [4.78, 5) is 20.6. The van der Waals surface area contributed by atoms with Crippen LogP contribution < -0.4 is 10.2 Å². The third-order valence-corrected chi connectivity index (χ3v) is 7.86. The van der Waals surface area contributed by atoms with Gasteiger partial charge in [-0.15, -0.1) is 0 Å². The second-order valence-corrected chi connectivity index (χ2v) is 10.8. The Morgan fingerprint density at radius 2 is 1.93 bits per heavy atom. The maximum atomic E-state index is 12.2. The summed E-state index contributed by atoms with van der Waals surface area (Å²) in [6.45, 7) is 1.84. The number of aliphatic hydroxyl groups excluding tert-OH is 1. The fraction of sp³-hybridized carbons (Fsp3) is 0.600. The maximum Gasteiger partial charge on any atom is 0.227 e. The Labute approximate surface area is 183 Å². The summed E-state index contributed by atoms with van der Waals surface area (Å²) in [5, 5.41) is 13.7. The van der Waals surface area contributed by atoms with E-state index in [1.165, 1.54) is 0 Å². The van der Waals surface area contributed by atoms with E-state index < -0.39 is 10.8 Å². The summed E-state index contributed by atoms with van der Waals surface area (Å²) in [5.74, 6) is 2.48. The van der Waals surface area contributed by atoms with Crippen LogP contribution in [-0.4, -0.2) is 60.7 Å². The molecule has 2 aliphatic carbocycles. The minimum Gasteiger partial charge on any atom is -0.394 e. The highest BCUT2D eigenvalue weighted by Crippen LogP contribution is 2.55. The van der Waals surface area contributed by atoms with Gasteiger partial charge in [0, 0.05) is 43.1 Å². The van der Waals surface area contributed by atoms with Crippen LogP contribution in [-0.2, 0) is 10.8 Å². The number of aromatic nitrogens is 4. The highest BCUT2D eigenvalue weighted by Gasteiger charge is 2.54. The number of hydrogen-bond donors (Lipinski definition) is 2. The molecule has 1 spiro atoms. The zero-order valence-corrected chi connectivity index (χ0v) is 18.4. The Kier molecular flexibility index (Phi) is 4.95. The van der Waals surface area contributed by atoms with E-state index in [0.29, 0.717) is 27.6 Å². The highest BCUT2D eigenvalue weighted by atomic mass is 35.5. The van der Waals surface area contributed by atoms with E-state index >= 15 is 0 Å². The Hall–Kier alpha value is -1.84. The highest BCUT2D eigenvalue weighted by molar-refractivity contribution is 7.84. The number of nitrogens with one attached hydrogen (secondary N) is 1. The fourth-order valence-corrected chi connectivity index (χ4v) is 5.52. The van der Waals surface area contributed by atoms with Crippen molar-refractivity contribution in [1.29, 1.82) is 0 Å². The molecule has 2 saturated carbocycles. The van der Waals surface area contributed by atoms with Crippen LogP contribution in [0.2, 0.25) is 5.02 Å². The van der Waals surface area contributed by atoms with Gasteiger partial charge in [-0.3, -0.25) is 4.21 Å². The molecule has 2 aromatic rings. The van der Waals surface area contributed by atoms with E-state index in [4.69, 9.17) is 16.6 Å². The molecular weight excluding hydrogens is 424 g/mol. The van der Waals surface area contributed by atoms with Crippen molar-refractivity contribution in [2.24, 2.45) is 5.41 Å². The molecule has 1 aliphatic heterocycles. The third-order valence-electron chi connectivity index (χ3n) is 6.75. The number of aliphatic hydroxyl groups is 1. The molecule has 3 fully saturated rings. The van der Waals surface area contributed by atoms with Gasteiger partial charge in [-0.25, -0.2) is 15.0 Å². The smallest absolute Gasteiger partial charge is 0.227 e.